The minimum absolute atomic E-state index is 0.0247. The molecule has 25 heavy (non-hydrogen) atoms. The summed E-state index contributed by atoms with van der Waals surface area (Å²) < 4.78 is 18.1. The number of nitrogens with one attached hydrogen (secondary N) is 1. The van der Waals surface area contributed by atoms with Crippen LogP contribution in [0.4, 0.5) is 10.1 Å². The Morgan fingerprint density at radius 2 is 2.12 bits per heavy atom. The first-order valence-electron chi connectivity index (χ1n) is 8.43. The number of amides is 1. The second-order valence-corrected chi connectivity index (χ2v) is 7.29. The van der Waals surface area contributed by atoms with Crippen LogP contribution in [0.5, 0.6) is 0 Å². The number of aromatic nitrogens is 1. The quantitative estimate of drug-likeness (QED) is 0.816. The first kappa shape index (κ1) is 17.9. The van der Waals surface area contributed by atoms with Gasteiger partial charge in [-0.25, -0.2) is 4.39 Å². The fourth-order valence-corrected chi connectivity index (χ4v) is 3.56. The molecule has 3 rings (SSSR count). The molecule has 1 amide bonds. The summed E-state index contributed by atoms with van der Waals surface area (Å²) >= 11 is 1.65. The van der Waals surface area contributed by atoms with Gasteiger partial charge in [0.1, 0.15) is 5.82 Å². The summed E-state index contributed by atoms with van der Waals surface area (Å²) in [6.07, 6.45) is 4.60. The van der Waals surface area contributed by atoms with Crippen molar-refractivity contribution in [3.05, 3.63) is 47.5 Å². The third kappa shape index (κ3) is 3.70. The van der Waals surface area contributed by atoms with Gasteiger partial charge in [-0.3, -0.25) is 14.5 Å². The largest absolute Gasteiger partial charge is 0.315 e. The van der Waals surface area contributed by atoms with Crippen molar-refractivity contribution in [3.8, 4) is 11.1 Å². The highest BCUT2D eigenvalue weighted by atomic mass is 32.2. The Kier molecular flexibility index (Phi) is 5.39. The van der Waals surface area contributed by atoms with Crippen LogP contribution in [0.1, 0.15) is 37.4 Å². The van der Waals surface area contributed by atoms with Crippen LogP contribution in [0.3, 0.4) is 0 Å². The number of carbonyl (C=O) groups is 1. The summed E-state index contributed by atoms with van der Waals surface area (Å²) in [6.45, 7) is 4.15. The van der Waals surface area contributed by atoms with Crippen molar-refractivity contribution in [3.63, 3.8) is 0 Å². The number of hydrogen-bond donors (Lipinski definition) is 1. The molecule has 0 saturated carbocycles. The molecule has 2 aromatic rings. The summed E-state index contributed by atoms with van der Waals surface area (Å²) in [7, 11) is 1.69. The molecule has 1 aliphatic rings. The maximum absolute atomic E-state index is 14.7. The van der Waals surface area contributed by atoms with Gasteiger partial charge < -0.3 is 4.90 Å². The summed E-state index contributed by atoms with van der Waals surface area (Å²) in [4.78, 5) is 17.6. The lowest BCUT2D eigenvalue weighted by atomic mass is 9.95. The van der Waals surface area contributed by atoms with E-state index in [1.54, 1.807) is 31.4 Å². The molecule has 132 valence electrons. The van der Waals surface area contributed by atoms with E-state index in [9.17, 15) is 9.18 Å². The molecule has 0 saturated heterocycles. The van der Waals surface area contributed by atoms with Gasteiger partial charge in [0.2, 0.25) is 5.91 Å². The highest BCUT2D eigenvalue weighted by molar-refractivity contribution is 7.97. The van der Waals surface area contributed by atoms with E-state index < -0.39 is 0 Å². The number of aryl methyl sites for hydroxylation is 1. The maximum atomic E-state index is 14.7. The van der Waals surface area contributed by atoms with E-state index in [4.69, 9.17) is 0 Å². The van der Waals surface area contributed by atoms with Crippen LogP contribution >= 0.6 is 11.9 Å². The van der Waals surface area contributed by atoms with Crippen LogP contribution in [0.2, 0.25) is 0 Å². The Morgan fingerprint density at radius 3 is 2.88 bits per heavy atom. The molecule has 2 heterocycles. The van der Waals surface area contributed by atoms with Crippen LogP contribution < -0.4 is 9.62 Å². The highest BCUT2D eigenvalue weighted by Crippen LogP contribution is 2.34. The lowest BCUT2D eigenvalue weighted by Gasteiger charge is -2.26. The number of anilines is 1. The summed E-state index contributed by atoms with van der Waals surface area (Å²) in [6, 6.07) is 5.42. The average molecular weight is 359 g/mol. The zero-order chi connectivity index (χ0) is 18.0. The molecule has 0 spiro atoms. The van der Waals surface area contributed by atoms with E-state index >= 15 is 0 Å². The number of fused-ring (bicyclic) bond motifs is 1. The Hall–Kier alpha value is -1.92. The number of halogens is 1. The number of benzene rings is 1. The van der Waals surface area contributed by atoms with Crippen molar-refractivity contribution in [2.45, 2.75) is 32.7 Å². The van der Waals surface area contributed by atoms with E-state index in [2.05, 4.69) is 23.6 Å². The summed E-state index contributed by atoms with van der Waals surface area (Å²) in [5.41, 5.74) is 3.97. The summed E-state index contributed by atoms with van der Waals surface area (Å²) in [5, 5.41) is 0. The second kappa shape index (κ2) is 7.54. The Balaban J connectivity index is 1.96. The van der Waals surface area contributed by atoms with E-state index in [-0.39, 0.29) is 17.8 Å². The van der Waals surface area contributed by atoms with Crippen molar-refractivity contribution in [1.82, 2.24) is 9.71 Å². The fraction of sp³-hybridized carbons (Fsp3) is 0.368. The van der Waals surface area contributed by atoms with Crippen molar-refractivity contribution >= 4 is 23.5 Å². The first-order chi connectivity index (χ1) is 12.0. The van der Waals surface area contributed by atoms with Gasteiger partial charge in [0.15, 0.2) is 0 Å². The SMILES string of the molecule is CCSNC(C)c1cncc(-c2cc3c(cc2F)N(C)C(=O)CC3)c1. The monoisotopic (exact) mass is 359 g/mol. The third-order valence-electron chi connectivity index (χ3n) is 4.49. The molecule has 0 bridgehead atoms. The topological polar surface area (TPSA) is 45.2 Å². The predicted molar refractivity (Wildman–Crippen MR) is 101 cm³/mol. The van der Waals surface area contributed by atoms with Crippen molar-refractivity contribution in [1.29, 1.82) is 0 Å². The molecule has 1 unspecified atom stereocenters. The number of nitrogens with zero attached hydrogens (tertiary/aromatic N) is 2. The molecule has 1 aliphatic heterocycles. The van der Waals surface area contributed by atoms with Gasteiger partial charge in [-0.15, -0.1) is 0 Å². The molecule has 0 fully saturated rings. The number of pyridine rings is 1. The second-order valence-electron chi connectivity index (χ2n) is 6.19. The minimum atomic E-state index is -0.331. The van der Waals surface area contributed by atoms with Gasteiger partial charge in [-0.05, 0) is 42.7 Å². The lowest BCUT2D eigenvalue weighted by molar-refractivity contribution is -0.118. The molecule has 1 aromatic heterocycles. The highest BCUT2D eigenvalue weighted by Gasteiger charge is 2.23. The van der Waals surface area contributed by atoms with Gasteiger partial charge in [-0.2, -0.15) is 0 Å². The zero-order valence-corrected chi connectivity index (χ0v) is 15.5. The minimum Gasteiger partial charge on any atom is -0.315 e. The molecular weight excluding hydrogens is 337 g/mol. The molecule has 6 heteroatoms. The van der Waals surface area contributed by atoms with Crippen molar-refractivity contribution in [2.24, 2.45) is 0 Å². The van der Waals surface area contributed by atoms with Gasteiger partial charge in [0.05, 0.1) is 0 Å². The average Bonchev–Trinajstić information content (AvgIpc) is 2.63. The van der Waals surface area contributed by atoms with E-state index in [1.807, 2.05) is 12.1 Å². The Labute approximate surface area is 152 Å². The van der Waals surface area contributed by atoms with Crippen molar-refractivity contribution < 1.29 is 9.18 Å². The molecule has 1 atom stereocenters. The Morgan fingerprint density at radius 1 is 1.32 bits per heavy atom. The molecular formula is C19H22FN3OS. The smallest absolute Gasteiger partial charge is 0.227 e. The number of hydrogen-bond acceptors (Lipinski definition) is 4. The first-order valence-corrected chi connectivity index (χ1v) is 9.41. The third-order valence-corrected chi connectivity index (χ3v) is 5.30. The van der Waals surface area contributed by atoms with Crippen LogP contribution in [0.25, 0.3) is 11.1 Å². The van der Waals surface area contributed by atoms with E-state index in [0.717, 1.165) is 22.4 Å². The Bertz CT molecular complexity index is 796. The lowest BCUT2D eigenvalue weighted by Crippen LogP contribution is -2.31. The normalized spacial score (nSPS) is 15.2. The standard InChI is InChI=1S/C19H22FN3OS/c1-4-25-22-12(2)14-7-15(11-21-10-14)16-8-13-5-6-19(24)23(3)18(13)9-17(16)20/h7-12,22H,4-6H2,1-3H3. The molecule has 0 radical (unpaired) electrons. The van der Waals surface area contributed by atoms with E-state index in [0.29, 0.717) is 24.1 Å². The fourth-order valence-electron chi connectivity index (χ4n) is 3.00. The zero-order valence-electron chi connectivity index (χ0n) is 14.7. The molecule has 0 aliphatic carbocycles. The van der Waals surface area contributed by atoms with Crippen LogP contribution in [0, 0.1) is 5.82 Å². The summed E-state index contributed by atoms with van der Waals surface area (Å²) in [5.74, 6) is 0.669. The van der Waals surface area contributed by atoms with Gasteiger partial charge in [-0.1, -0.05) is 18.9 Å². The number of rotatable bonds is 5. The van der Waals surface area contributed by atoms with Gasteiger partial charge in [0, 0.05) is 54.5 Å². The van der Waals surface area contributed by atoms with Gasteiger partial charge >= 0.3 is 0 Å². The molecule has 4 nitrogen and oxygen atoms in total. The molecule has 1 N–H and O–H groups in total. The predicted octanol–water partition coefficient (Wildman–Crippen LogP) is 4.12. The van der Waals surface area contributed by atoms with E-state index in [1.165, 1.54) is 11.0 Å². The number of carbonyl (C=O) groups excluding carboxylic acids is 1. The van der Waals surface area contributed by atoms with Gasteiger partial charge in [0.25, 0.3) is 0 Å². The van der Waals surface area contributed by atoms with Crippen molar-refractivity contribution in [2.75, 3.05) is 17.7 Å². The van der Waals surface area contributed by atoms with Crippen LogP contribution in [-0.4, -0.2) is 23.7 Å². The molecule has 1 aromatic carbocycles. The maximum Gasteiger partial charge on any atom is 0.227 e. The van der Waals surface area contributed by atoms with Crippen LogP contribution in [0.15, 0.2) is 30.6 Å². The van der Waals surface area contributed by atoms with Crippen LogP contribution in [-0.2, 0) is 11.2 Å².